The van der Waals surface area contributed by atoms with E-state index in [1.807, 2.05) is 24.3 Å². The van der Waals surface area contributed by atoms with Gasteiger partial charge < -0.3 is 25.2 Å². The monoisotopic (exact) mass is 480 g/mol. The van der Waals surface area contributed by atoms with E-state index < -0.39 is 18.2 Å². The maximum Gasteiger partial charge on any atom is 0.407 e. The topological polar surface area (TPSA) is 114 Å². The molecule has 3 unspecified atom stereocenters. The number of fused-ring (bicyclic) bond motifs is 3. The van der Waals surface area contributed by atoms with Gasteiger partial charge in [0, 0.05) is 32.0 Å². The van der Waals surface area contributed by atoms with Crippen LogP contribution in [0.3, 0.4) is 0 Å². The van der Waals surface area contributed by atoms with Gasteiger partial charge in [-0.25, -0.2) is 9.59 Å². The van der Waals surface area contributed by atoms with Crippen LogP contribution in [0, 0.1) is 5.92 Å². The van der Waals surface area contributed by atoms with Crippen molar-refractivity contribution in [3.8, 4) is 11.1 Å². The molecule has 0 saturated heterocycles. The molecule has 8 nitrogen and oxygen atoms in total. The van der Waals surface area contributed by atoms with Crippen LogP contribution in [0.1, 0.15) is 49.1 Å². The van der Waals surface area contributed by atoms with Crippen LogP contribution in [0.15, 0.2) is 48.5 Å². The molecule has 35 heavy (non-hydrogen) atoms. The van der Waals surface area contributed by atoms with Crippen LogP contribution in [-0.2, 0) is 19.1 Å². The molecule has 0 aromatic heterocycles. The number of hydrogen-bond acceptors (Lipinski definition) is 5. The Kier molecular flexibility index (Phi) is 8.02. The summed E-state index contributed by atoms with van der Waals surface area (Å²) in [5, 5.41) is 14.8. The third kappa shape index (κ3) is 5.65. The quantitative estimate of drug-likeness (QED) is 0.504. The van der Waals surface area contributed by atoms with Crippen LogP contribution in [0.4, 0.5) is 4.79 Å². The molecule has 0 bridgehead atoms. The smallest absolute Gasteiger partial charge is 0.407 e. The maximum atomic E-state index is 12.8. The van der Waals surface area contributed by atoms with Crippen molar-refractivity contribution in [3.63, 3.8) is 0 Å². The summed E-state index contributed by atoms with van der Waals surface area (Å²) in [5.41, 5.74) is 4.62. The van der Waals surface area contributed by atoms with Gasteiger partial charge in [-0.15, -0.1) is 0 Å². The lowest BCUT2D eigenvalue weighted by Crippen LogP contribution is -2.49. The Bertz CT molecular complexity index is 1030. The van der Waals surface area contributed by atoms with Crippen molar-refractivity contribution in [1.82, 2.24) is 10.6 Å². The molecule has 4 rings (SSSR count). The molecule has 3 atom stereocenters. The average Bonchev–Trinajstić information content (AvgIpc) is 3.19. The maximum absolute atomic E-state index is 12.8. The summed E-state index contributed by atoms with van der Waals surface area (Å²) >= 11 is 0. The van der Waals surface area contributed by atoms with Gasteiger partial charge in [0.15, 0.2) is 6.10 Å². The van der Waals surface area contributed by atoms with Gasteiger partial charge in [0.05, 0.1) is 5.92 Å². The van der Waals surface area contributed by atoms with Gasteiger partial charge in [0.25, 0.3) is 0 Å². The lowest BCUT2D eigenvalue weighted by molar-refractivity contribution is -0.149. The molecule has 0 heterocycles. The molecule has 2 aliphatic rings. The highest BCUT2D eigenvalue weighted by Crippen LogP contribution is 2.44. The van der Waals surface area contributed by atoms with Gasteiger partial charge >= 0.3 is 12.1 Å². The zero-order chi connectivity index (χ0) is 24.8. The second-order valence-electron chi connectivity index (χ2n) is 9.11. The summed E-state index contributed by atoms with van der Waals surface area (Å²) in [6.45, 7) is 0.412. The third-order valence-corrected chi connectivity index (χ3v) is 7.02. The Morgan fingerprint density at radius 3 is 2.26 bits per heavy atom. The Morgan fingerprint density at radius 1 is 1.00 bits per heavy atom. The first-order chi connectivity index (χ1) is 17.0. The number of carboxylic acid groups (broad SMARTS) is 1. The molecule has 2 aromatic rings. The number of aliphatic carboxylic acids is 1. The molecule has 2 aliphatic carbocycles. The molecular formula is C27H32N2O6. The molecule has 0 aliphatic heterocycles. The first-order valence-corrected chi connectivity index (χ1v) is 12.1. The van der Waals surface area contributed by atoms with E-state index in [4.69, 9.17) is 14.6 Å². The fourth-order valence-corrected chi connectivity index (χ4v) is 5.21. The molecular weight excluding hydrogens is 448 g/mol. The fraction of sp³-hybridized carbons (Fsp3) is 0.444. The van der Waals surface area contributed by atoms with Gasteiger partial charge in [-0.1, -0.05) is 61.4 Å². The molecule has 186 valence electrons. The van der Waals surface area contributed by atoms with Crippen molar-refractivity contribution in [3.05, 3.63) is 59.7 Å². The predicted octanol–water partition coefficient (Wildman–Crippen LogP) is 3.69. The molecule has 0 radical (unpaired) electrons. The number of nitrogens with one attached hydrogen (secondary N) is 2. The van der Waals surface area contributed by atoms with Crippen LogP contribution in [0.5, 0.6) is 0 Å². The standard InChI is InChI=1S/C27H32N2O6/c1-34-24(26(31)32)14-15-28-25(30)21-12-6-7-13-23(21)29-27(33)35-16-22-19-10-4-2-8-17(19)18-9-3-5-11-20(18)22/h2-5,8-11,21-24H,6-7,12-16H2,1H3,(H,28,30)(H,29,33)(H,31,32). The van der Waals surface area contributed by atoms with Crippen LogP contribution in [0.25, 0.3) is 11.1 Å². The van der Waals surface area contributed by atoms with Crippen molar-refractivity contribution in [2.24, 2.45) is 5.92 Å². The highest BCUT2D eigenvalue weighted by atomic mass is 16.5. The van der Waals surface area contributed by atoms with Gasteiger partial charge in [-0.05, 0) is 35.1 Å². The minimum absolute atomic E-state index is 0.0263. The zero-order valence-electron chi connectivity index (χ0n) is 19.9. The van der Waals surface area contributed by atoms with Crippen molar-refractivity contribution in [1.29, 1.82) is 0 Å². The Labute approximate surface area is 205 Å². The molecule has 1 fully saturated rings. The number of alkyl carbamates (subject to hydrolysis) is 1. The number of hydrogen-bond donors (Lipinski definition) is 3. The molecule has 2 amide bonds. The third-order valence-electron chi connectivity index (χ3n) is 7.02. The van der Waals surface area contributed by atoms with E-state index in [-0.39, 0.29) is 43.4 Å². The first kappa shape index (κ1) is 24.7. The van der Waals surface area contributed by atoms with E-state index in [9.17, 15) is 14.4 Å². The number of benzene rings is 2. The SMILES string of the molecule is COC(CCNC(=O)C1CCCCC1NC(=O)OCC1c2ccccc2-c2ccccc21)C(=O)O. The number of methoxy groups -OCH3 is 1. The fourth-order valence-electron chi connectivity index (χ4n) is 5.21. The molecule has 0 spiro atoms. The Balaban J connectivity index is 1.32. The number of rotatable bonds is 9. The highest BCUT2D eigenvalue weighted by Gasteiger charge is 2.33. The van der Waals surface area contributed by atoms with Gasteiger partial charge in [-0.3, -0.25) is 4.79 Å². The first-order valence-electron chi connectivity index (χ1n) is 12.1. The van der Waals surface area contributed by atoms with Gasteiger partial charge in [0.2, 0.25) is 5.91 Å². The molecule has 1 saturated carbocycles. The van der Waals surface area contributed by atoms with E-state index in [1.54, 1.807) is 0 Å². The highest BCUT2D eigenvalue weighted by molar-refractivity contribution is 5.81. The predicted molar refractivity (Wildman–Crippen MR) is 130 cm³/mol. The number of carboxylic acids is 1. The summed E-state index contributed by atoms with van der Waals surface area (Å²) in [5.74, 6) is -1.65. The normalized spacial score (nSPS) is 19.8. The van der Waals surface area contributed by atoms with Gasteiger partial charge in [0.1, 0.15) is 6.61 Å². The van der Waals surface area contributed by atoms with Crippen LogP contribution in [0.2, 0.25) is 0 Å². The van der Waals surface area contributed by atoms with Crippen LogP contribution < -0.4 is 10.6 Å². The lowest BCUT2D eigenvalue weighted by Gasteiger charge is -2.31. The second kappa shape index (κ2) is 11.4. The Morgan fingerprint density at radius 2 is 1.63 bits per heavy atom. The van der Waals surface area contributed by atoms with E-state index in [1.165, 1.54) is 18.2 Å². The van der Waals surface area contributed by atoms with E-state index in [0.29, 0.717) is 12.8 Å². The largest absolute Gasteiger partial charge is 0.479 e. The van der Waals surface area contributed by atoms with E-state index in [2.05, 4.69) is 34.9 Å². The van der Waals surface area contributed by atoms with Crippen LogP contribution in [-0.4, -0.2) is 55.5 Å². The summed E-state index contributed by atoms with van der Waals surface area (Å²) in [7, 11) is 1.33. The van der Waals surface area contributed by atoms with E-state index in [0.717, 1.165) is 24.0 Å². The minimum Gasteiger partial charge on any atom is -0.479 e. The van der Waals surface area contributed by atoms with Crippen molar-refractivity contribution in [2.75, 3.05) is 20.3 Å². The summed E-state index contributed by atoms with van der Waals surface area (Å²) in [4.78, 5) is 36.6. The minimum atomic E-state index is -1.06. The van der Waals surface area contributed by atoms with Crippen molar-refractivity contribution < 1.29 is 29.0 Å². The number of carbonyl (C=O) groups is 3. The van der Waals surface area contributed by atoms with Crippen molar-refractivity contribution in [2.45, 2.75) is 50.2 Å². The molecule has 2 aromatic carbocycles. The summed E-state index contributed by atoms with van der Waals surface area (Å²) in [6.07, 6.45) is 1.86. The van der Waals surface area contributed by atoms with Gasteiger partial charge in [-0.2, -0.15) is 0 Å². The van der Waals surface area contributed by atoms with Crippen molar-refractivity contribution >= 4 is 18.0 Å². The second-order valence-corrected chi connectivity index (χ2v) is 9.11. The number of carbonyl (C=O) groups excluding carboxylic acids is 2. The van der Waals surface area contributed by atoms with Crippen LogP contribution >= 0.6 is 0 Å². The number of ether oxygens (including phenoxy) is 2. The number of amides is 2. The zero-order valence-corrected chi connectivity index (χ0v) is 19.9. The molecule has 8 heteroatoms. The molecule has 3 N–H and O–H groups in total. The van der Waals surface area contributed by atoms with E-state index >= 15 is 0 Å². The Hall–Kier alpha value is -3.39. The summed E-state index contributed by atoms with van der Waals surface area (Å²) < 4.78 is 10.6. The average molecular weight is 481 g/mol. The summed E-state index contributed by atoms with van der Waals surface area (Å²) in [6, 6.07) is 16.0. The lowest BCUT2D eigenvalue weighted by atomic mass is 9.84.